The van der Waals surface area contributed by atoms with Gasteiger partial charge in [-0.2, -0.15) is 0 Å². The van der Waals surface area contributed by atoms with Gasteiger partial charge in [-0.15, -0.1) is 0 Å². The Labute approximate surface area is 264 Å². The Morgan fingerprint density at radius 1 is 1.22 bits per heavy atom. The van der Waals surface area contributed by atoms with Crippen molar-refractivity contribution in [3.63, 3.8) is 0 Å². The Hall–Kier alpha value is -4.36. The standard InChI is InChI=1S/C31H37ClFN7O5/c1-17(2)39-13-18(8-22(34)30(39)41)15-45-26-10-20(33)9-23(26)36-31(42)40-16-35-28-24(12-27(32)37-29(28)40)38(3)14-19-6-7-21(43-4)11-25(19)44-5/h6-8,11-13,16-17,20,23,26H,9-10,14-15,34H2,1-5H3,(H,36,42)/t20-,23-,26-/m1/s1. The fourth-order valence-electron chi connectivity index (χ4n) is 5.56. The maximum Gasteiger partial charge on any atom is 0.328 e. The number of fused-ring (bicyclic) bond motifs is 1. The molecule has 3 atom stereocenters. The van der Waals surface area contributed by atoms with E-state index in [1.807, 2.05) is 37.9 Å². The molecule has 3 aromatic heterocycles. The molecule has 240 valence electrons. The van der Waals surface area contributed by atoms with Gasteiger partial charge in [0.2, 0.25) is 0 Å². The predicted molar refractivity (Wildman–Crippen MR) is 170 cm³/mol. The predicted octanol–water partition coefficient (Wildman–Crippen LogP) is 4.71. The monoisotopic (exact) mass is 641 g/mol. The number of benzene rings is 1. The van der Waals surface area contributed by atoms with E-state index in [0.29, 0.717) is 34.8 Å². The van der Waals surface area contributed by atoms with Crippen LogP contribution in [-0.2, 0) is 17.9 Å². The van der Waals surface area contributed by atoms with Crippen LogP contribution < -0.4 is 31.0 Å². The fourth-order valence-corrected chi connectivity index (χ4v) is 5.75. The zero-order valence-electron chi connectivity index (χ0n) is 25.8. The molecule has 0 unspecified atom stereocenters. The lowest BCUT2D eigenvalue weighted by molar-refractivity contribution is 0.0270. The van der Waals surface area contributed by atoms with Gasteiger partial charge >= 0.3 is 6.03 Å². The molecule has 1 aromatic carbocycles. The van der Waals surface area contributed by atoms with E-state index in [9.17, 15) is 14.0 Å². The number of pyridine rings is 2. The molecule has 0 radical (unpaired) electrons. The van der Waals surface area contributed by atoms with E-state index in [2.05, 4.69) is 15.3 Å². The summed E-state index contributed by atoms with van der Waals surface area (Å²) in [6, 6.07) is 7.56. The van der Waals surface area contributed by atoms with Crippen molar-refractivity contribution in [2.24, 2.45) is 0 Å². The number of nitrogens with zero attached hydrogens (tertiary/aromatic N) is 5. The number of carbonyl (C=O) groups is 1. The highest BCUT2D eigenvalue weighted by atomic mass is 35.5. The minimum absolute atomic E-state index is 0.0858. The minimum Gasteiger partial charge on any atom is -0.497 e. The topological polar surface area (TPSA) is 139 Å². The molecule has 0 saturated heterocycles. The van der Waals surface area contributed by atoms with Gasteiger partial charge in [-0.25, -0.2) is 23.7 Å². The van der Waals surface area contributed by atoms with Crippen LogP contribution in [-0.4, -0.2) is 64.7 Å². The van der Waals surface area contributed by atoms with Gasteiger partial charge in [0.15, 0.2) is 5.65 Å². The second kappa shape index (κ2) is 13.3. The highest BCUT2D eigenvalue weighted by Gasteiger charge is 2.37. The van der Waals surface area contributed by atoms with Gasteiger partial charge in [0.1, 0.15) is 34.7 Å². The number of anilines is 2. The molecule has 14 heteroatoms. The Balaban J connectivity index is 1.33. The van der Waals surface area contributed by atoms with Gasteiger partial charge in [0, 0.05) is 56.4 Å². The number of methoxy groups -OCH3 is 2. The van der Waals surface area contributed by atoms with Crippen LogP contribution in [0.5, 0.6) is 11.5 Å². The van der Waals surface area contributed by atoms with Crippen LogP contribution in [0.1, 0.15) is 43.9 Å². The number of aromatic nitrogens is 4. The molecular weight excluding hydrogens is 605 g/mol. The molecule has 45 heavy (non-hydrogen) atoms. The van der Waals surface area contributed by atoms with Crippen molar-refractivity contribution in [3.8, 4) is 11.5 Å². The molecule has 1 aliphatic carbocycles. The summed E-state index contributed by atoms with van der Waals surface area (Å²) in [4.78, 5) is 36.6. The Kier molecular flexibility index (Phi) is 9.49. The van der Waals surface area contributed by atoms with Crippen molar-refractivity contribution >= 4 is 40.2 Å². The molecule has 0 aliphatic heterocycles. The molecule has 0 bridgehead atoms. The summed E-state index contributed by atoms with van der Waals surface area (Å²) in [7, 11) is 5.05. The van der Waals surface area contributed by atoms with E-state index in [0.717, 1.165) is 5.56 Å². The van der Waals surface area contributed by atoms with Gasteiger partial charge in [0.25, 0.3) is 5.56 Å². The summed E-state index contributed by atoms with van der Waals surface area (Å²) in [5, 5.41) is 3.06. The van der Waals surface area contributed by atoms with Crippen molar-refractivity contribution in [2.45, 2.75) is 64.2 Å². The van der Waals surface area contributed by atoms with Crippen molar-refractivity contribution in [3.05, 3.63) is 69.5 Å². The summed E-state index contributed by atoms with van der Waals surface area (Å²) in [5.74, 6) is 1.33. The van der Waals surface area contributed by atoms with Gasteiger partial charge in [-0.05, 0) is 37.6 Å². The number of amides is 1. The van der Waals surface area contributed by atoms with Crippen LogP contribution >= 0.6 is 11.6 Å². The third kappa shape index (κ3) is 6.84. The second-order valence-electron chi connectivity index (χ2n) is 11.4. The highest BCUT2D eigenvalue weighted by Crippen LogP contribution is 2.32. The zero-order valence-corrected chi connectivity index (χ0v) is 26.5. The molecule has 1 fully saturated rings. The number of nitrogen functional groups attached to an aromatic ring is 1. The summed E-state index contributed by atoms with van der Waals surface area (Å²) in [6.45, 7) is 4.30. The van der Waals surface area contributed by atoms with Crippen molar-refractivity contribution in [2.75, 3.05) is 31.9 Å². The first kappa shape index (κ1) is 32.0. The lowest BCUT2D eigenvalue weighted by Gasteiger charge is -2.22. The van der Waals surface area contributed by atoms with E-state index in [1.165, 1.54) is 15.5 Å². The number of carbonyl (C=O) groups excluding carboxylic acids is 1. The summed E-state index contributed by atoms with van der Waals surface area (Å²) >= 11 is 6.41. The smallest absolute Gasteiger partial charge is 0.328 e. The molecule has 3 heterocycles. The van der Waals surface area contributed by atoms with Crippen LogP contribution in [0.25, 0.3) is 11.2 Å². The average molecular weight is 642 g/mol. The maximum atomic E-state index is 14.6. The second-order valence-corrected chi connectivity index (χ2v) is 11.8. The molecule has 1 aliphatic rings. The fraction of sp³-hybridized carbons (Fsp3) is 0.419. The number of imidazole rings is 1. The Bertz CT molecular complexity index is 1760. The Morgan fingerprint density at radius 2 is 2.00 bits per heavy atom. The number of hydrogen-bond donors (Lipinski definition) is 2. The number of nitrogens with one attached hydrogen (secondary N) is 1. The van der Waals surface area contributed by atoms with Crippen LogP contribution in [0, 0.1) is 0 Å². The molecular formula is C31H37ClFN7O5. The first-order valence-electron chi connectivity index (χ1n) is 14.5. The summed E-state index contributed by atoms with van der Waals surface area (Å²) < 4.78 is 34.3. The average Bonchev–Trinajstić information content (AvgIpc) is 3.59. The van der Waals surface area contributed by atoms with E-state index in [4.69, 9.17) is 31.5 Å². The molecule has 1 saturated carbocycles. The molecule has 12 nitrogen and oxygen atoms in total. The SMILES string of the molecule is COc1ccc(CN(C)c2cc(Cl)nc3c2ncn3C(=O)N[C@@H]2C[C@@H](F)C[C@H]2OCc2cc(N)c(=O)n(C(C)C)c2)c(OC)c1. The van der Waals surface area contributed by atoms with Crippen molar-refractivity contribution in [1.82, 2.24) is 24.4 Å². The molecule has 1 amide bonds. The number of ether oxygens (including phenoxy) is 3. The van der Waals surface area contributed by atoms with Crippen LogP contribution in [0.4, 0.5) is 20.6 Å². The quantitative estimate of drug-likeness (QED) is 0.236. The summed E-state index contributed by atoms with van der Waals surface area (Å²) in [5.41, 5.74) is 8.69. The normalized spacial score (nSPS) is 18.0. The minimum atomic E-state index is -1.16. The van der Waals surface area contributed by atoms with Crippen LogP contribution in [0.15, 0.2) is 47.7 Å². The highest BCUT2D eigenvalue weighted by molar-refractivity contribution is 6.30. The number of hydrogen-bond acceptors (Lipinski definition) is 9. The first-order chi connectivity index (χ1) is 21.5. The van der Waals surface area contributed by atoms with Gasteiger partial charge < -0.3 is 34.7 Å². The van der Waals surface area contributed by atoms with Gasteiger partial charge in [-0.1, -0.05) is 11.6 Å². The maximum absolute atomic E-state index is 14.6. The van der Waals surface area contributed by atoms with Crippen LogP contribution in [0.2, 0.25) is 5.15 Å². The van der Waals surface area contributed by atoms with Gasteiger partial charge in [-0.3, -0.25) is 4.79 Å². The molecule has 3 N–H and O–H groups in total. The van der Waals surface area contributed by atoms with E-state index in [-0.39, 0.29) is 47.5 Å². The first-order valence-corrected chi connectivity index (χ1v) is 14.9. The van der Waals surface area contributed by atoms with Crippen molar-refractivity contribution < 1.29 is 23.4 Å². The number of rotatable bonds is 10. The van der Waals surface area contributed by atoms with E-state index >= 15 is 0 Å². The van der Waals surface area contributed by atoms with Crippen LogP contribution in [0.3, 0.4) is 0 Å². The third-order valence-electron chi connectivity index (χ3n) is 7.89. The Morgan fingerprint density at radius 3 is 2.71 bits per heavy atom. The molecule has 5 rings (SSSR count). The van der Waals surface area contributed by atoms with Gasteiger partial charge in [0.05, 0.1) is 44.3 Å². The van der Waals surface area contributed by atoms with E-state index in [1.54, 1.807) is 38.6 Å². The zero-order chi connectivity index (χ0) is 32.4. The third-order valence-corrected chi connectivity index (χ3v) is 8.08. The number of halogens is 2. The lowest BCUT2D eigenvalue weighted by atomic mass is 10.1. The van der Waals surface area contributed by atoms with E-state index < -0.39 is 24.3 Å². The summed E-state index contributed by atoms with van der Waals surface area (Å²) in [6.07, 6.45) is 1.50. The molecule has 4 aromatic rings. The van der Waals surface area contributed by atoms with Crippen molar-refractivity contribution in [1.29, 1.82) is 0 Å². The largest absolute Gasteiger partial charge is 0.497 e. The lowest BCUT2D eigenvalue weighted by Crippen LogP contribution is -2.43. The number of nitrogens with two attached hydrogens (primary N) is 1. The molecule has 0 spiro atoms. The number of alkyl halides is 1.